The van der Waals surface area contributed by atoms with Crippen molar-refractivity contribution in [1.29, 1.82) is 0 Å². The number of ether oxygens (including phenoxy) is 2. The number of rotatable bonds is 7. The summed E-state index contributed by atoms with van der Waals surface area (Å²) in [5, 5.41) is 1.08. The SMILES string of the molecule is C=C(C)COc1cc2oc(=O)c(CC(=O)N3CCN(c4ccccc4OC)CC3)c(C)c2cc1Cl. The second-order valence-corrected chi connectivity index (χ2v) is 9.14. The lowest BCUT2D eigenvalue weighted by molar-refractivity contribution is -0.130. The van der Waals surface area contributed by atoms with Crippen LogP contribution in [0.4, 0.5) is 5.69 Å². The van der Waals surface area contributed by atoms with E-state index in [0.717, 1.165) is 17.0 Å². The van der Waals surface area contributed by atoms with Crippen LogP contribution in [0, 0.1) is 6.92 Å². The number of hydrogen-bond donors (Lipinski definition) is 0. The minimum absolute atomic E-state index is 0.0235. The van der Waals surface area contributed by atoms with E-state index in [9.17, 15) is 9.59 Å². The average Bonchev–Trinajstić information content (AvgIpc) is 2.85. The van der Waals surface area contributed by atoms with Crippen LogP contribution in [0.5, 0.6) is 11.5 Å². The number of amides is 1. The van der Waals surface area contributed by atoms with Crippen molar-refractivity contribution in [2.45, 2.75) is 20.3 Å². The van der Waals surface area contributed by atoms with Gasteiger partial charge in [0.25, 0.3) is 0 Å². The molecule has 0 N–H and O–H groups in total. The number of fused-ring (bicyclic) bond motifs is 1. The second-order valence-electron chi connectivity index (χ2n) is 8.73. The van der Waals surface area contributed by atoms with Crippen LogP contribution in [-0.2, 0) is 11.2 Å². The van der Waals surface area contributed by atoms with E-state index in [4.69, 9.17) is 25.5 Å². The van der Waals surface area contributed by atoms with Crippen LogP contribution in [0.15, 0.2) is 57.8 Å². The first-order valence-corrected chi connectivity index (χ1v) is 11.8. The Balaban J connectivity index is 1.49. The van der Waals surface area contributed by atoms with Crippen molar-refractivity contribution in [2.75, 3.05) is 44.8 Å². The summed E-state index contributed by atoms with van der Waals surface area (Å²) < 4.78 is 16.7. The number of carbonyl (C=O) groups is 1. The fraction of sp³-hybridized carbons (Fsp3) is 0.333. The van der Waals surface area contributed by atoms with Crippen LogP contribution in [0.2, 0.25) is 5.02 Å². The van der Waals surface area contributed by atoms with E-state index in [1.807, 2.05) is 38.1 Å². The Bertz CT molecular complexity index is 1330. The van der Waals surface area contributed by atoms with Gasteiger partial charge in [0.2, 0.25) is 5.91 Å². The van der Waals surface area contributed by atoms with Crippen LogP contribution < -0.4 is 20.0 Å². The lowest BCUT2D eigenvalue weighted by Gasteiger charge is -2.36. The quantitative estimate of drug-likeness (QED) is 0.351. The van der Waals surface area contributed by atoms with Crippen molar-refractivity contribution in [3.63, 3.8) is 0 Å². The van der Waals surface area contributed by atoms with Crippen LogP contribution >= 0.6 is 11.6 Å². The molecular formula is C27H29ClN2O5. The lowest BCUT2D eigenvalue weighted by Crippen LogP contribution is -2.49. The van der Waals surface area contributed by atoms with Gasteiger partial charge in [0.05, 0.1) is 29.8 Å². The Hall–Kier alpha value is -3.45. The van der Waals surface area contributed by atoms with Gasteiger partial charge >= 0.3 is 5.63 Å². The molecule has 1 amide bonds. The molecule has 0 bridgehead atoms. The Labute approximate surface area is 209 Å². The van der Waals surface area contributed by atoms with Gasteiger partial charge in [-0.15, -0.1) is 0 Å². The highest BCUT2D eigenvalue weighted by Crippen LogP contribution is 2.32. The zero-order valence-corrected chi connectivity index (χ0v) is 21.0. The summed E-state index contributed by atoms with van der Waals surface area (Å²) in [6.45, 7) is 10.3. The standard InChI is InChI=1S/C27H29ClN2O5/c1-17(2)16-34-25-15-24-19(13-21(25)28)18(3)20(27(32)35-24)14-26(31)30-11-9-29(10-12-30)22-7-5-6-8-23(22)33-4/h5-8,13,15H,1,9-12,14,16H2,2-4H3. The van der Waals surface area contributed by atoms with Crippen LogP contribution in [0.25, 0.3) is 11.0 Å². The maximum atomic E-state index is 13.1. The number of nitrogens with zero attached hydrogens (tertiary/aromatic N) is 2. The van der Waals surface area contributed by atoms with E-state index in [0.29, 0.717) is 65.7 Å². The molecule has 0 atom stereocenters. The lowest BCUT2D eigenvalue weighted by atomic mass is 10.0. The molecule has 0 unspecified atom stereocenters. The fourth-order valence-electron chi connectivity index (χ4n) is 4.26. The number of piperazine rings is 1. The maximum Gasteiger partial charge on any atom is 0.340 e. The normalized spacial score (nSPS) is 13.7. The number of carbonyl (C=O) groups excluding carboxylic acids is 1. The first-order valence-electron chi connectivity index (χ1n) is 11.5. The maximum absolute atomic E-state index is 13.1. The highest BCUT2D eigenvalue weighted by molar-refractivity contribution is 6.32. The molecule has 1 saturated heterocycles. The smallest absolute Gasteiger partial charge is 0.340 e. The molecule has 8 heteroatoms. The van der Waals surface area contributed by atoms with Crippen LogP contribution in [0.1, 0.15) is 18.1 Å². The molecular weight excluding hydrogens is 468 g/mol. The predicted octanol–water partition coefficient (Wildman–Crippen LogP) is 4.61. The van der Waals surface area contributed by atoms with Gasteiger partial charge in [0.1, 0.15) is 23.7 Å². The van der Waals surface area contributed by atoms with Gasteiger partial charge in [-0.1, -0.05) is 30.3 Å². The Kier molecular flexibility index (Phi) is 7.36. The molecule has 1 aliphatic heterocycles. The molecule has 1 aromatic heterocycles. The molecule has 2 heterocycles. The molecule has 184 valence electrons. The van der Waals surface area contributed by atoms with Crippen LogP contribution in [0.3, 0.4) is 0 Å². The van der Waals surface area contributed by atoms with Crippen molar-refractivity contribution in [2.24, 2.45) is 0 Å². The molecule has 0 radical (unpaired) electrons. The zero-order chi connectivity index (χ0) is 25.1. The number of halogens is 1. The van der Waals surface area contributed by atoms with E-state index >= 15 is 0 Å². The largest absolute Gasteiger partial charge is 0.495 e. The van der Waals surface area contributed by atoms with Gasteiger partial charge in [0, 0.05) is 37.6 Å². The minimum atomic E-state index is -0.524. The highest BCUT2D eigenvalue weighted by Gasteiger charge is 2.25. The summed E-state index contributed by atoms with van der Waals surface area (Å²) in [6.07, 6.45) is -0.0235. The van der Waals surface area contributed by atoms with Crippen LogP contribution in [-0.4, -0.2) is 50.7 Å². The summed E-state index contributed by atoms with van der Waals surface area (Å²) in [4.78, 5) is 29.9. The fourth-order valence-corrected chi connectivity index (χ4v) is 4.47. The first kappa shape index (κ1) is 24.7. The van der Waals surface area contributed by atoms with Gasteiger partial charge in [-0.25, -0.2) is 4.79 Å². The van der Waals surface area contributed by atoms with Gasteiger partial charge in [-0.2, -0.15) is 0 Å². The Morgan fingerprint density at radius 3 is 2.54 bits per heavy atom. The van der Waals surface area contributed by atoms with Crippen molar-refractivity contribution >= 4 is 34.2 Å². The van der Waals surface area contributed by atoms with E-state index in [-0.39, 0.29) is 12.3 Å². The summed E-state index contributed by atoms with van der Waals surface area (Å²) in [6, 6.07) is 11.2. The number of para-hydroxylation sites is 2. The molecule has 4 rings (SSSR count). The number of benzene rings is 2. The van der Waals surface area contributed by atoms with Crippen molar-refractivity contribution < 1.29 is 18.7 Å². The molecule has 0 saturated carbocycles. The first-order chi connectivity index (χ1) is 16.8. The highest BCUT2D eigenvalue weighted by atomic mass is 35.5. The van der Waals surface area contributed by atoms with Gasteiger partial charge in [-0.3, -0.25) is 4.79 Å². The molecule has 0 spiro atoms. The van der Waals surface area contributed by atoms with E-state index < -0.39 is 5.63 Å². The molecule has 2 aromatic carbocycles. The molecule has 7 nitrogen and oxygen atoms in total. The number of anilines is 1. The Morgan fingerprint density at radius 1 is 1.14 bits per heavy atom. The summed E-state index contributed by atoms with van der Waals surface area (Å²) >= 11 is 6.40. The second kappa shape index (κ2) is 10.4. The third-order valence-corrected chi connectivity index (χ3v) is 6.50. The van der Waals surface area contributed by atoms with Crippen molar-refractivity contribution in [1.82, 2.24) is 4.90 Å². The molecule has 1 aliphatic rings. The summed E-state index contributed by atoms with van der Waals surface area (Å²) in [5.74, 6) is 1.12. The van der Waals surface area contributed by atoms with Crippen molar-refractivity contribution in [3.8, 4) is 11.5 Å². The average molecular weight is 497 g/mol. The molecule has 3 aromatic rings. The monoisotopic (exact) mass is 496 g/mol. The number of aryl methyl sites for hydroxylation is 1. The van der Waals surface area contributed by atoms with Crippen molar-refractivity contribution in [3.05, 3.63) is 75.1 Å². The number of methoxy groups -OCH3 is 1. The van der Waals surface area contributed by atoms with Gasteiger partial charge in [0.15, 0.2) is 0 Å². The Morgan fingerprint density at radius 2 is 1.86 bits per heavy atom. The zero-order valence-electron chi connectivity index (χ0n) is 20.2. The molecule has 0 aliphatic carbocycles. The third kappa shape index (κ3) is 5.30. The topological polar surface area (TPSA) is 72.2 Å². The third-order valence-electron chi connectivity index (χ3n) is 6.20. The number of hydrogen-bond acceptors (Lipinski definition) is 6. The van der Waals surface area contributed by atoms with E-state index in [1.54, 1.807) is 24.1 Å². The van der Waals surface area contributed by atoms with Gasteiger partial charge < -0.3 is 23.7 Å². The van der Waals surface area contributed by atoms with Gasteiger partial charge in [-0.05, 0) is 43.2 Å². The summed E-state index contributed by atoms with van der Waals surface area (Å²) in [7, 11) is 1.65. The minimum Gasteiger partial charge on any atom is -0.495 e. The van der Waals surface area contributed by atoms with E-state index in [1.165, 1.54) is 0 Å². The predicted molar refractivity (Wildman–Crippen MR) is 138 cm³/mol. The van der Waals surface area contributed by atoms with E-state index in [2.05, 4.69) is 11.5 Å². The summed E-state index contributed by atoms with van der Waals surface area (Å²) in [5.41, 5.74) is 2.74. The molecule has 35 heavy (non-hydrogen) atoms. The molecule has 1 fully saturated rings.